The van der Waals surface area contributed by atoms with Crippen molar-refractivity contribution >= 4 is 11.7 Å². The van der Waals surface area contributed by atoms with E-state index in [2.05, 4.69) is 30.4 Å². The van der Waals surface area contributed by atoms with Crippen molar-refractivity contribution in [3.63, 3.8) is 0 Å². The lowest BCUT2D eigenvalue weighted by atomic mass is 9.68. The molecule has 1 aliphatic carbocycles. The van der Waals surface area contributed by atoms with Gasteiger partial charge in [-0.1, -0.05) is 38.0 Å². The van der Waals surface area contributed by atoms with Crippen LogP contribution in [-0.4, -0.2) is 11.1 Å². The maximum atomic E-state index is 14.3. The summed E-state index contributed by atoms with van der Waals surface area (Å²) in [4.78, 5) is 11.1. The lowest BCUT2D eigenvalue weighted by Crippen LogP contribution is -2.34. The van der Waals surface area contributed by atoms with E-state index in [1.54, 1.807) is 6.07 Å². The van der Waals surface area contributed by atoms with Gasteiger partial charge in [-0.15, -0.1) is 0 Å². The predicted octanol–water partition coefficient (Wildman–Crippen LogP) is 5.53. The lowest BCUT2D eigenvalue weighted by molar-refractivity contribution is 0.0692. The Hall–Kier alpha value is -2.36. The van der Waals surface area contributed by atoms with Crippen molar-refractivity contribution in [1.82, 2.24) is 0 Å². The predicted molar refractivity (Wildman–Crippen MR) is 100 cm³/mol. The van der Waals surface area contributed by atoms with Crippen molar-refractivity contribution in [2.75, 3.05) is 5.32 Å². The van der Waals surface area contributed by atoms with E-state index in [0.717, 1.165) is 24.1 Å². The number of anilines is 1. The van der Waals surface area contributed by atoms with Gasteiger partial charge in [0.1, 0.15) is 5.82 Å². The topological polar surface area (TPSA) is 49.3 Å². The molecule has 3 nitrogen and oxygen atoms in total. The molecule has 1 fully saturated rings. The molecule has 2 N–H and O–H groups in total. The largest absolute Gasteiger partial charge is 0.478 e. The second-order valence-electron chi connectivity index (χ2n) is 7.50. The summed E-state index contributed by atoms with van der Waals surface area (Å²) in [5.41, 5.74) is 4.46. The Balaban J connectivity index is 1.75. The van der Waals surface area contributed by atoms with Gasteiger partial charge in [-0.2, -0.15) is 0 Å². The average molecular weight is 353 g/mol. The molecule has 136 valence electrons. The first-order chi connectivity index (χ1) is 12.6. The van der Waals surface area contributed by atoms with Crippen LogP contribution < -0.4 is 5.32 Å². The third-order valence-corrected chi connectivity index (χ3v) is 6.06. The van der Waals surface area contributed by atoms with E-state index >= 15 is 0 Å². The van der Waals surface area contributed by atoms with Crippen molar-refractivity contribution < 1.29 is 14.3 Å². The molecular formula is C22H24FNO2. The molecule has 2 aromatic rings. The Morgan fingerprint density at radius 1 is 1.19 bits per heavy atom. The fourth-order valence-electron chi connectivity index (χ4n) is 4.72. The Morgan fingerprint density at radius 3 is 2.73 bits per heavy atom. The van der Waals surface area contributed by atoms with E-state index < -0.39 is 11.8 Å². The van der Waals surface area contributed by atoms with Crippen molar-refractivity contribution in [3.8, 4) is 0 Å². The minimum absolute atomic E-state index is 0.0256. The molecule has 0 radical (unpaired) electrons. The minimum atomic E-state index is -1.22. The molecule has 0 unspecified atom stereocenters. The molecule has 2 aromatic carbocycles. The number of rotatable bonds is 3. The van der Waals surface area contributed by atoms with E-state index in [1.807, 2.05) is 0 Å². The van der Waals surface area contributed by atoms with Crippen molar-refractivity contribution in [1.29, 1.82) is 0 Å². The summed E-state index contributed by atoms with van der Waals surface area (Å²) in [6.45, 7) is 2.17. The Morgan fingerprint density at radius 2 is 2.00 bits per heavy atom. The molecule has 0 bridgehead atoms. The van der Waals surface area contributed by atoms with Crippen molar-refractivity contribution in [2.45, 2.75) is 51.0 Å². The SMILES string of the molecule is CCc1ccc2c(c1)[C@@H]1CCCC[C@@H]1[C@H](c1ccc(C(=O)O)c(F)c1)N2. The smallest absolute Gasteiger partial charge is 0.338 e. The monoisotopic (exact) mass is 353 g/mol. The molecule has 4 heteroatoms. The van der Waals surface area contributed by atoms with Gasteiger partial charge in [0.15, 0.2) is 0 Å². The van der Waals surface area contributed by atoms with Crippen LogP contribution in [0.1, 0.15) is 71.6 Å². The summed E-state index contributed by atoms with van der Waals surface area (Å²) < 4.78 is 14.3. The van der Waals surface area contributed by atoms with E-state index in [9.17, 15) is 9.18 Å². The molecule has 0 amide bonds. The van der Waals surface area contributed by atoms with Gasteiger partial charge < -0.3 is 10.4 Å². The van der Waals surface area contributed by atoms with Gasteiger partial charge in [-0.25, -0.2) is 9.18 Å². The first-order valence-corrected chi connectivity index (χ1v) is 9.50. The summed E-state index contributed by atoms with van der Waals surface area (Å²) in [6.07, 6.45) is 5.73. The average Bonchev–Trinajstić information content (AvgIpc) is 2.66. The van der Waals surface area contributed by atoms with Crippen LogP contribution in [0, 0.1) is 11.7 Å². The number of carbonyl (C=O) groups is 1. The summed E-state index contributed by atoms with van der Waals surface area (Å²) in [7, 11) is 0. The first-order valence-electron chi connectivity index (χ1n) is 9.50. The Kier molecular flexibility index (Phi) is 4.43. The molecule has 1 aliphatic heterocycles. The second kappa shape index (κ2) is 6.75. The minimum Gasteiger partial charge on any atom is -0.478 e. The summed E-state index contributed by atoms with van der Waals surface area (Å²) in [5.74, 6) is -0.980. The Labute approximate surface area is 153 Å². The number of hydrogen-bond acceptors (Lipinski definition) is 2. The van der Waals surface area contributed by atoms with E-state index in [1.165, 1.54) is 42.5 Å². The quantitative estimate of drug-likeness (QED) is 0.763. The number of carboxylic acids is 1. The molecule has 3 atom stereocenters. The number of halogens is 1. The molecule has 2 aliphatic rings. The highest BCUT2D eigenvalue weighted by Gasteiger charge is 2.39. The third kappa shape index (κ3) is 2.87. The summed E-state index contributed by atoms with van der Waals surface area (Å²) in [5, 5.41) is 12.7. The molecule has 4 rings (SSSR count). The molecule has 1 saturated carbocycles. The number of aryl methyl sites for hydroxylation is 1. The van der Waals surface area contributed by atoms with Crippen LogP contribution in [0.4, 0.5) is 10.1 Å². The normalized spacial score (nSPS) is 24.3. The number of carboxylic acid groups (broad SMARTS) is 1. The van der Waals surface area contributed by atoms with Crippen LogP contribution in [0.25, 0.3) is 0 Å². The maximum absolute atomic E-state index is 14.3. The molecule has 1 heterocycles. The van der Waals surface area contributed by atoms with E-state index in [-0.39, 0.29) is 11.6 Å². The molecule has 0 saturated heterocycles. The van der Waals surface area contributed by atoms with Crippen LogP contribution in [0.15, 0.2) is 36.4 Å². The highest BCUT2D eigenvalue weighted by Crippen LogP contribution is 2.51. The fourth-order valence-corrected chi connectivity index (χ4v) is 4.72. The highest BCUT2D eigenvalue weighted by atomic mass is 19.1. The number of aromatic carboxylic acids is 1. The summed E-state index contributed by atoms with van der Waals surface area (Å²) >= 11 is 0. The van der Waals surface area contributed by atoms with Gasteiger partial charge in [0, 0.05) is 5.69 Å². The highest BCUT2D eigenvalue weighted by molar-refractivity contribution is 5.88. The third-order valence-electron chi connectivity index (χ3n) is 6.06. The summed E-state index contributed by atoms with van der Waals surface area (Å²) in [6, 6.07) is 11.2. The number of benzene rings is 2. The van der Waals surface area contributed by atoms with Gasteiger partial charge in [-0.3, -0.25) is 0 Å². The number of nitrogens with one attached hydrogen (secondary N) is 1. The van der Waals surface area contributed by atoms with Crippen LogP contribution in [0.2, 0.25) is 0 Å². The number of fused-ring (bicyclic) bond motifs is 3. The van der Waals surface area contributed by atoms with Crippen LogP contribution in [0.5, 0.6) is 0 Å². The van der Waals surface area contributed by atoms with Crippen LogP contribution in [0.3, 0.4) is 0 Å². The molecular weight excluding hydrogens is 329 g/mol. The van der Waals surface area contributed by atoms with Gasteiger partial charge in [-0.05, 0) is 66.0 Å². The van der Waals surface area contributed by atoms with Gasteiger partial charge >= 0.3 is 5.97 Å². The fraction of sp³-hybridized carbons (Fsp3) is 0.409. The molecule has 26 heavy (non-hydrogen) atoms. The van der Waals surface area contributed by atoms with E-state index in [0.29, 0.717) is 11.8 Å². The van der Waals surface area contributed by atoms with Crippen LogP contribution in [-0.2, 0) is 6.42 Å². The molecule has 0 aromatic heterocycles. The zero-order valence-electron chi connectivity index (χ0n) is 15.0. The van der Waals surface area contributed by atoms with Gasteiger partial charge in [0.25, 0.3) is 0 Å². The molecule has 0 spiro atoms. The van der Waals surface area contributed by atoms with Gasteiger partial charge in [0.2, 0.25) is 0 Å². The Bertz CT molecular complexity index is 848. The number of hydrogen-bond donors (Lipinski definition) is 2. The lowest BCUT2D eigenvalue weighted by Gasteiger charge is -2.44. The zero-order valence-corrected chi connectivity index (χ0v) is 15.0. The second-order valence-corrected chi connectivity index (χ2v) is 7.50. The van der Waals surface area contributed by atoms with Gasteiger partial charge in [0.05, 0.1) is 11.6 Å². The first kappa shape index (κ1) is 17.1. The van der Waals surface area contributed by atoms with Crippen molar-refractivity contribution in [3.05, 3.63) is 64.5 Å². The van der Waals surface area contributed by atoms with Crippen LogP contribution >= 0.6 is 0 Å². The standard InChI is InChI=1S/C22H24FNO2/c1-2-13-7-10-20-18(11-13)15-5-3-4-6-16(15)21(24-20)14-8-9-17(22(25)26)19(23)12-14/h7-12,15-16,21,24H,2-6H2,1H3,(H,25,26)/t15-,16+,21+/m1/s1. The van der Waals surface area contributed by atoms with E-state index in [4.69, 9.17) is 5.11 Å². The maximum Gasteiger partial charge on any atom is 0.338 e. The van der Waals surface area contributed by atoms with Crippen molar-refractivity contribution in [2.24, 2.45) is 5.92 Å². The zero-order chi connectivity index (χ0) is 18.3.